The van der Waals surface area contributed by atoms with Gasteiger partial charge in [-0.2, -0.15) is 0 Å². The summed E-state index contributed by atoms with van der Waals surface area (Å²) >= 11 is 0. The zero-order chi connectivity index (χ0) is 19.5. The molecule has 2 aromatic carbocycles. The van der Waals surface area contributed by atoms with Gasteiger partial charge in [0.05, 0.1) is 21.3 Å². The first-order valence-corrected chi connectivity index (χ1v) is 8.72. The van der Waals surface area contributed by atoms with Gasteiger partial charge < -0.3 is 24.8 Å². The summed E-state index contributed by atoms with van der Waals surface area (Å²) in [5, 5.41) is 6.17. The van der Waals surface area contributed by atoms with Crippen LogP contribution in [-0.2, 0) is 4.79 Å². The maximum absolute atomic E-state index is 12.0. The van der Waals surface area contributed by atoms with Gasteiger partial charge in [0.15, 0.2) is 11.5 Å². The lowest BCUT2D eigenvalue weighted by atomic mass is 10.1. The number of nitrogens with one attached hydrogen (secondary N) is 2. The minimum Gasteiger partial charge on any atom is -0.493 e. The third-order valence-corrected chi connectivity index (χ3v) is 3.87. The lowest BCUT2D eigenvalue weighted by Crippen LogP contribution is -2.23. The number of anilines is 1. The number of para-hydroxylation sites is 1. The maximum Gasteiger partial charge on any atom is 0.244 e. The number of ether oxygens (including phenoxy) is 3. The van der Waals surface area contributed by atoms with Gasteiger partial charge in [-0.15, -0.1) is 0 Å². The fourth-order valence-corrected chi connectivity index (χ4v) is 2.52. The van der Waals surface area contributed by atoms with E-state index in [-0.39, 0.29) is 5.91 Å². The molecule has 0 spiro atoms. The molecule has 6 heteroatoms. The predicted octanol–water partition coefficient (Wildman–Crippen LogP) is 3.34. The standard InChI is InChI=1S/C21H26N2O4/c1-25-18-14-16(15-19(26-2)21(18)27-3)10-11-20(24)23-13-7-12-22-17-8-5-4-6-9-17/h4-6,8-11,14-15,22H,7,12-13H2,1-3H3,(H,23,24)/b11-10+. The SMILES string of the molecule is COc1cc(/C=C/C(=O)NCCCNc2ccccc2)cc(OC)c1OC. The third-order valence-electron chi connectivity index (χ3n) is 3.87. The van der Waals surface area contributed by atoms with Crippen molar-refractivity contribution in [2.24, 2.45) is 0 Å². The van der Waals surface area contributed by atoms with Gasteiger partial charge >= 0.3 is 0 Å². The quantitative estimate of drug-likeness (QED) is 0.496. The molecule has 0 fully saturated rings. The van der Waals surface area contributed by atoms with Crippen LogP contribution >= 0.6 is 0 Å². The molecule has 0 saturated carbocycles. The van der Waals surface area contributed by atoms with Gasteiger partial charge in [0, 0.05) is 24.9 Å². The Bertz CT molecular complexity index is 735. The van der Waals surface area contributed by atoms with E-state index >= 15 is 0 Å². The maximum atomic E-state index is 12.0. The van der Waals surface area contributed by atoms with E-state index in [1.807, 2.05) is 30.3 Å². The summed E-state index contributed by atoms with van der Waals surface area (Å²) in [6, 6.07) is 13.5. The van der Waals surface area contributed by atoms with Crippen molar-refractivity contribution in [3.8, 4) is 17.2 Å². The van der Waals surface area contributed by atoms with Crippen LogP contribution in [0.25, 0.3) is 6.08 Å². The molecule has 0 radical (unpaired) electrons. The van der Waals surface area contributed by atoms with Crippen molar-refractivity contribution in [1.29, 1.82) is 0 Å². The molecular weight excluding hydrogens is 344 g/mol. The Morgan fingerprint density at radius 1 is 0.963 bits per heavy atom. The van der Waals surface area contributed by atoms with E-state index in [0.29, 0.717) is 23.8 Å². The van der Waals surface area contributed by atoms with Crippen molar-refractivity contribution in [3.63, 3.8) is 0 Å². The van der Waals surface area contributed by atoms with Crippen molar-refractivity contribution in [2.75, 3.05) is 39.7 Å². The summed E-state index contributed by atoms with van der Waals surface area (Å²) in [7, 11) is 4.66. The van der Waals surface area contributed by atoms with E-state index in [1.165, 1.54) is 6.08 Å². The highest BCUT2D eigenvalue weighted by atomic mass is 16.5. The summed E-state index contributed by atoms with van der Waals surface area (Å²) in [6.07, 6.45) is 4.03. The average molecular weight is 370 g/mol. The van der Waals surface area contributed by atoms with E-state index in [9.17, 15) is 4.79 Å². The Hall–Kier alpha value is -3.15. The second-order valence-corrected chi connectivity index (χ2v) is 5.73. The van der Waals surface area contributed by atoms with E-state index < -0.39 is 0 Å². The van der Waals surface area contributed by atoms with Gasteiger partial charge in [-0.25, -0.2) is 0 Å². The highest BCUT2D eigenvalue weighted by Crippen LogP contribution is 2.38. The van der Waals surface area contributed by atoms with Gasteiger partial charge in [0.1, 0.15) is 0 Å². The van der Waals surface area contributed by atoms with Gasteiger partial charge in [-0.05, 0) is 42.3 Å². The molecule has 2 aromatic rings. The molecule has 0 bridgehead atoms. The molecule has 27 heavy (non-hydrogen) atoms. The molecule has 0 atom stereocenters. The van der Waals surface area contributed by atoms with E-state index in [2.05, 4.69) is 10.6 Å². The van der Waals surface area contributed by atoms with Gasteiger partial charge in [-0.3, -0.25) is 4.79 Å². The topological polar surface area (TPSA) is 68.8 Å². The van der Waals surface area contributed by atoms with Crippen molar-refractivity contribution >= 4 is 17.7 Å². The van der Waals surface area contributed by atoms with Crippen LogP contribution in [0.3, 0.4) is 0 Å². The molecule has 0 aromatic heterocycles. The van der Waals surface area contributed by atoms with Crippen molar-refractivity contribution in [1.82, 2.24) is 5.32 Å². The van der Waals surface area contributed by atoms with Crippen LogP contribution in [-0.4, -0.2) is 40.3 Å². The monoisotopic (exact) mass is 370 g/mol. The highest BCUT2D eigenvalue weighted by Gasteiger charge is 2.12. The van der Waals surface area contributed by atoms with Gasteiger partial charge in [0.2, 0.25) is 11.7 Å². The first-order chi connectivity index (χ1) is 13.2. The molecule has 6 nitrogen and oxygen atoms in total. The lowest BCUT2D eigenvalue weighted by Gasteiger charge is -2.12. The molecule has 144 valence electrons. The van der Waals surface area contributed by atoms with Crippen LogP contribution in [0.5, 0.6) is 17.2 Å². The Labute approximate surface area is 160 Å². The summed E-state index contributed by atoms with van der Waals surface area (Å²) in [4.78, 5) is 12.0. The number of carbonyl (C=O) groups excluding carboxylic acids is 1. The van der Waals surface area contributed by atoms with Crippen LogP contribution in [0.2, 0.25) is 0 Å². The van der Waals surface area contributed by atoms with Gasteiger partial charge in [0.25, 0.3) is 0 Å². The van der Waals surface area contributed by atoms with Crippen molar-refractivity contribution in [3.05, 3.63) is 54.1 Å². The molecule has 0 unspecified atom stereocenters. The normalized spacial score (nSPS) is 10.5. The third kappa shape index (κ3) is 6.26. The largest absolute Gasteiger partial charge is 0.493 e. The lowest BCUT2D eigenvalue weighted by molar-refractivity contribution is -0.116. The summed E-state index contributed by atoms with van der Waals surface area (Å²) in [6.45, 7) is 1.39. The Morgan fingerprint density at radius 3 is 2.22 bits per heavy atom. The fraction of sp³-hybridized carbons (Fsp3) is 0.286. The summed E-state index contributed by atoms with van der Waals surface area (Å²) in [5.74, 6) is 1.46. The number of carbonyl (C=O) groups is 1. The molecule has 2 N–H and O–H groups in total. The zero-order valence-electron chi connectivity index (χ0n) is 16.0. The first kappa shape index (κ1) is 20.2. The van der Waals surface area contributed by atoms with Crippen LogP contribution in [0.15, 0.2) is 48.5 Å². The Morgan fingerprint density at radius 2 is 1.63 bits per heavy atom. The fourth-order valence-electron chi connectivity index (χ4n) is 2.52. The molecule has 0 aliphatic carbocycles. The molecule has 0 aliphatic heterocycles. The predicted molar refractivity (Wildman–Crippen MR) is 108 cm³/mol. The molecule has 0 heterocycles. The average Bonchev–Trinajstić information content (AvgIpc) is 2.71. The van der Waals surface area contributed by atoms with E-state index in [0.717, 1.165) is 24.2 Å². The minimum atomic E-state index is -0.150. The van der Waals surface area contributed by atoms with Crippen LogP contribution in [0.1, 0.15) is 12.0 Å². The van der Waals surface area contributed by atoms with E-state index in [4.69, 9.17) is 14.2 Å². The number of methoxy groups -OCH3 is 3. The zero-order valence-corrected chi connectivity index (χ0v) is 16.0. The first-order valence-electron chi connectivity index (χ1n) is 8.72. The van der Waals surface area contributed by atoms with Gasteiger partial charge in [-0.1, -0.05) is 18.2 Å². The summed E-state index contributed by atoms with van der Waals surface area (Å²) < 4.78 is 15.9. The van der Waals surface area contributed by atoms with Crippen molar-refractivity contribution in [2.45, 2.75) is 6.42 Å². The van der Waals surface area contributed by atoms with Crippen LogP contribution < -0.4 is 24.8 Å². The Balaban J connectivity index is 1.82. The van der Waals surface area contributed by atoms with Crippen LogP contribution in [0.4, 0.5) is 5.69 Å². The molecule has 0 saturated heterocycles. The number of hydrogen-bond acceptors (Lipinski definition) is 5. The van der Waals surface area contributed by atoms with Crippen molar-refractivity contribution < 1.29 is 19.0 Å². The number of hydrogen-bond donors (Lipinski definition) is 2. The van der Waals surface area contributed by atoms with Crippen LogP contribution in [0, 0.1) is 0 Å². The smallest absolute Gasteiger partial charge is 0.244 e. The number of benzene rings is 2. The molecule has 1 amide bonds. The highest BCUT2D eigenvalue weighted by molar-refractivity contribution is 5.91. The van der Waals surface area contributed by atoms with E-state index in [1.54, 1.807) is 39.5 Å². The number of amides is 1. The molecular formula is C21H26N2O4. The molecule has 0 aliphatic rings. The second-order valence-electron chi connectivity index (χ2n) is 5.73. The minimum absolute atomic E-state index is 0.150. The Kier molecular flexibility index (Phi) is 8.03. The number of rotatable bonds is 10. The summed E-state index contributed by atoms with van der Waals surface area (Å²) in [5.41, 5.74) is 1.86. The second kappa shape index (κ2) is 10.8. The molecule has 2 rings (SSSR count).